The van der Waals surface area contributed by atoms with Crippen LogP contribution in [0, 0.1) is 19.8 Å². The lowest BCUT2D eigenvalue weighted by atomic mass is 10.1. The van der Waals surface area contributed by atoms with Crippen LogP contribution >= 0.6 is 11.6 Å². The summed E-state index contributed by atoms with van der Waals surface area (Å²) in [5, 5.41) is 5.08. The zero-order chi connectivity index (χ0) is 15.7. The Labute approximate surface area is 131 Å². The maximum Gasteiger partial charge on any atom is 0.227 e. The van der Waals surface area contributed by atoms with Crippen LogP contribution in [0.5, 0.6) is 0 Å². The van der Waals surface area contributed by atoms with Gasteiger partial charge in [-0.2, -0.15) is 5.10 Å². The molecule has 6 heteroatoms. The number of amides is 1. The van der Waals surface area contributed by atoms with Gasteiger partial charge in [0.15, 0.2) is 0 Å². The van der Waals surface area contributed by atoms with Crippen LogP contribution in [0.2, 0.25) is 5.02 Å². The van der Waals surface area contributed by atoms with Gasteiger partial charge in [-0.15, -0.1) is 0 Å². The summed E-state index contributed by atoms with van der Waals surface area (Å²) in [4.78, 5) is 14.5. The van der Waals surface area contributed by atoms with Gasteiger partial charge < -0.3 is 9.64 Å². The first-order valence-electron chi connectivity index (χ1n) is 7.43. The fraction of sp³-hybridized carbons (Fsp3) is 0.733. The number of halogens is 1. The molecule has 0 aromatic carbocycles. The average molecular weight is 314 g/mol. The summed E-state index contributed by atoms with van der Waals surface area (Å²) >= 11 is 6.15. The van der Waals surface area contributed by atoms with E-state index < -0.39 is 0 Å². The Morgan fingerprint density at radius 1 is 1.38 bits per heavy atom. The van der Waals surface area contributed by atoms with E-state index >= 15 is 0 Å². The fourth-order valence-electron chi connectivity index (χ4n) is 2.86. The van der Waals surface area contributed by atoms with Crippen molar-refractivity contribution in [1.29, 1.82) is 0 Å². The standard InChI is InChI=1S/C15H24ClN3O2/c1-9(6-19-13(5)14(16)12(4)17-19)15(20)18-7-10(2)21-11(3)8-18/h9-11H,6-8H2,1-5H3/t9-,10-,11+/m0/s1. The Morgan fingerprint density at radius 3 is 2.43 bits per heavy atom. The minimum Gasteiger partial charge on any atom is -0.372 e. The Hall–Kier alpha value is -1.07. The molecule has 2 heterocycles. The number of aryl methyl sites for hydroxylation is 1. The van der Waals surface area contributed by atoms with Gasteiger partial charge in [0, 0.05) is 13.1 Å². The highest BCUT2D eigenvalue weighted by atomic mass is 35.5. The first-order valence-corrected chi connectivity index (χ1v) is 7.81. The average Bonchev–Trinajstić information content (AvgIpc) is 2.64. The molecule has 1 saturated heterocycles. The van der Waals surface area contributed by atoms with E-state index in [1.54, 1.807) is 0 Å². The summed E-state index contributed by atoms with van der Waals surface area (Å²) in [6.07, 6.45) is 0.182. The zero-order valence-corrected chi connectivity index (χ0v) is 14.1. The molecule has 0 N–H and O–H groups in total. The predicted octanol–water partition coefficient (Wildman–Crippen LogP) is 2.43. The van der Waals surface area contributed by atoms with Gasteiger partial charge in [-0.05, 0) is 27.7 Å². The highest BCUT2D eigenvalue weighted by Crippen LogP contribution is 2.21. The molecular formula is C15H24ClN3O2. The van der Waals surface area contributed by atoms with E-state index in [1.807, 2.05) is 44.2 Å². The molecule has 0 aliphatic carbocycles. The molecule has 118 valence electrons. The summed E-state index contributed by atoms with van der Waals surface area (Å²) < 4.78 is 7.50. The summed E-state index contributed by atoms with van der Waals surface area (Å²) in [7, 11) is 0. The monoisotopic (exact) mass is 313 g/mol. The van der Waals surface area contributed by atoms with Crippen molar-refractivity contribution < 1.29 is 9.53 Å². The lowest BCUT2D eigenvalue weighted by molar-refractivity contribution is -0.147. The fourth-order valence-corrected chi connectivity index (χ4v) is 3.00. The van der Waals surface area contributed by atoms with Crippen molar-refractivity contribution in [1.82, 2.24) is 14.7 Å². The Bertz CT molecular complexity index is 519. The van der Waals surface area contributed by atoms with Crippen LogP contribution < -0.4 is 0 Å². The van der Waals surface area contributed by atoms with Crippen LogP contribution in [-0.2, 0) is 16.1 Å². The van der Waals surface area contributed by atoms with E-state index in [0.717, 1.165) is 11.4 Å². The van der Waals surface area contributed by atoms with Crippen LogP contribution in [0.25, 0.3) is 0 Å². The molecule has 21 heavy (non-hydrogen) atoms. The van der Waals surface area contributed by atoms with Crippen LogP contribution in [0.15, 0.2) is 0 Å². The van der Waals surface area contributed by atoms with E-state index in [-0.39, 0.29) is 24.0 Å². The van der Waals surface area contributed by atoms with Crippen molar-refractivity contribution in [3.63, 3.8) is 0 Å². The van der Waals surface area contributed by atoms with Crippen molar-refractivity contribution in [2.75, 3.05) is 13.1 Å². The van der Waals surface area contributed by atoms with Crippen molar-refractivity contribution in [2.24, 2.45) is 5.92 Å². The summed E-state index contributed by atoms with van der Waals surface area (Å²) in [5.41, 5.74) is 1.72. The van der Waals surface area contributed by atoms with Crippen LogP contribution in [0.1, 0.15) is 32.2 Å². The molecule has 1 aromatic rings. The van der Waals surface area contributed by atoms with E-state index in [0.29, 0.717) is 24.7 Å². The summed E-state index contributed by atoms with van der Waals surface area (Å²) in [6, 6.07) is 0. The third kappa shape index (κ3) is 3.58. The first kappa shape index (κ1) is 16.3. The molecule has 0 saturated carbocycles. The lowest BCUT2D eigenvalue weighted by Crippen LogP contribution is -2.50. The number of rotatable bonds is 3. The molecule has 5 nitrogen and oxygen atoms in total. The molecule has 2 rings (SSSR count). The van der Waals surface area contributed by atoms with Gasteiger partial charge in [0.05, 0.1) is 41.1 Å². The second-order valence-corrected chi connectivity index (χ2v) is 6.45. The molecule has 0 spiro atoms. The largest absolute Gasteiger partial charge is 0.372 e. The third-order valence-electron chi connectivity index (χ3n) is 3.89. The Balaban J connectivity index is 2.04. The van der Waals surface area contributed by atoms with Gasteiger partial charge in [0.2, 0.25) is 5.91 Å². The molecule has 0 bridgehead atoms. The third-order valence-corrected chi connectivity index (χ3v) is 4.44. The predicted molar refractivity (Wildman–Crippen MR) is 82.5 cm³/mol. The number of hydrogen-bond donors (Lipinski definition) is 0. The lowest BCUT2D eigenvalue weighted by Gasteiger charge is -2.36. The van der Waals surface area contributed by atoms with Crippen molar-refractivity contribution in [3.05, 3.63) is 16.4 Å². The Kier molecular flexibility index (Phi) is 4.94. The van der Waals surface area contributed by atoms with Gasteiger partial charge >= 0.3 is 0 Å². The molecule has 1 aliphatic heterocycles. The smallest absolute Gasteiger partial charge is 0.227 e. The first-order chi connectivity index (χ1) is 9.79. The van der Waals surface area contributed by atoms with E-state index in [1.165, 1.54) is 0 Å². The van der Waals surface area contributed by atoms with Gasteiger partial charge in [0.25, 0.3) is 0 Å². The number of aromatic nitrogens is 2. The summed E-state index contributed by atoms with van der Waals surface area (Å²) in [5.74, 6) is 0.0252. The number of carbonyl (C=O) groups is 1. The number of hydrogen-bond acceptors (Lipinski definition) is 3. The van der Waals surface area contributed by atoms with Gasteiger partial charge in [-0.1, -0.05) is 18.5 Å². The number of carbonyl (C=O) groups excluding carboxylic acids is 1. The second kappa shape index (κ2) is 6.36. The van der Waals surface area contributed by atoms with Crippen LogP contribution in [0.4, 0.5) is 0 Å². The van der Waals surface area contributed by atoms with E-state index in [2.05, 4.69) is 5.10 Å². The number of morpholine rings is 1. The van der Waals surface area contributed by atoms with Crippen LogP contribution in [0.3, 0.4) is 0 Å². The van der Waals surface area contributed by atoms with Crippen LogP contribution in [-0.4, -0.2) is 45.9 Å². The molecule has 1 amide bonds. The minimum absolute atomic E-state index is 0.0908. The van der Waals surface area contributed by atoms with Crippen molar-refractivity contribution in [3.8, 4) is 0 Å². The SMILES string of the molecule is Cc1nn(C[C@H](C)C(=O)N2C[C@@H](C)O[C@@H](C)C2)c(C)c1Cl. The molecule has 1 fully saturated rings. The quantitative estimate of drug-likeness (QED) is 0.861. The zero-order valence-electron chi connectivity index (χ0n) is 13.4. The molecule has 1 aliphatic rings. The number of nitrogens with zero attached hydrogens (tertiary/aromatic N) is 3. The number of ether oxygens (including phenoxy) is 1. The minimum atomic E-state index is -0.128. The van der Waals surface area contributed by atoms with E-state index in [4.69, 9.17) is 16.3 Å². The summed E-state index contributed by atoms with van der Waals surface area (Å²) in [6.45, 7) is 11.6. The maximum atomic E-state index is 12.6. The normalized spacial score (nSPS) is 24.2. The van der Waals surface area contributed by atoms with Crippen molar-refractivity contribution >= 4 is 17.5 Å². The molecule has 3 atom stereocenters. The molecular weight excluding hydrogens is 290 g/mol. The molecule has 0 radical (unpaired) electrons. The molecule has 0 unspecified atom stereocenters. The molecule has 1 aromatic heterocycles. The van der Waals surface area contributed by atoms with Gasteiger partial charge in [-0.25, -0.2) is 0 Å². The topological polar surface area (TPSA) is 47.4 Å². The van der Waals surface area contributed by atoms with Crippen molar-refractivity contribution in [2.45, 2.75) is 53.4 Å². The van der Waals surface area contributed by atoms with Gasteiger partial charge in [-0.3, -0.25) is 9.48 Å². The maximum absolute atomic E-state index is 12.6. The highest BCUT2D eigenvalue weighted by Gasteiger charge is 2.29. The second-order valence-electron chi connectivity index (χ2n) is 6.07. The highest BCUT2D eigenvalue weighted by molar-refractivity contribution is 6.31. The van der Waals surface area contributed by atoms with Gasteiger partial charge in [0.1, 0.15) is 0 Å². The van der Waals surface area contributed by atoms with E-state index in [9.17, 15) is 4.79 Å². The Morgan fingerprint density at radius 2 is 1.95 bits per heavy atom.